The molecular formula is C13H24N2O3. The summed E-state index contributed by atoms with van der Waals surface area (Å²) in [6.45, 7) is 7.34. The molecule has 5 nitrogen and oxygen atoms in total. The molecule has 5 heteroatoms. The Morgan fingerprint density at radius 1 is 1.33 bits per heavy atom. The van der Waals surface area contributed by atoms with Crippen LogP contribution in [-0.4, -0.2) is 36.1 Å². The summed E-state index contributed by atoms with van der Waals surface area (Å²) in [5.74, 6) is -0.744. The molecule has 1 aliphatic heterocycles. The van der Waals surface area contributed by atoms with Crippen molar-refractivity contribution in [2.75, 3.05) is 13.1 Å². The van der Waals surface area contributed by atoms with Crippen molar-refractivity contribution in [1.82, 2.24) is 10.6 Å². The fourth-order valence-corrected chi connectivity index (χ4v) is 2.22. The van der Waals surface area contributed by atoms with Crippen molar-refractivity contribution in [3.8, 4) is 0 Å². The van der Waals surface area contributed by atoms with Gasteiger partial charge in [-0.1, -0.05) is 20.8 Å². The number of carbonyl (C=O) groups is 2. The molecule has 1 amide bonds. The second-order valence-electron chi connectivity index (χ2n) is 6.10. The van der Waals surface area contributed by atoms with Crippen LogP contribution in [-0.2, 0) is 9.59 Å². The lowest BCUT2D eigenvalue weighted by molar-refractivity contribution is -0.145. The molecule has 0 unspecified atom stereocenters. The third-order valence-corrected chi connectivity index (χ3v) is 3.35. The van der Waals surface area contributed by atoms with Crippen molar-refractivity contribution in [2.24, 2.45) is 11.3 Å². The molecular weight excluding hydrogens is 232 g/mol. The van der Waals surface area contributed by atoms with Gasteiger partial charge in [-0.05, 0) is 37.3 Å². The Morgan fingerprint density at radius 3 is 2.33 bits per heavy atom. The molecule has 18 heavy (non-hydrogen) atoms. The first-order valence-corrected chi connectivity index (χ1v) is 6.53. The maximum atomic E-state index is 11.9. The summed E-state index contributed by atoms with van der Waals surface area (Å²) in [5.41, 5.74) is -0.477. The van der Waals surface area contributed by atoms with E-state index in [9.17, 15) is 9.59 Å². The zero-order chi connectivity index (χ0) is 13.8. The molecule has 1 saturated heterocycles. The van der Waals surface area contributed by atoms with E-state index in [0.29, 0.717) is 12.3 Å². The number of aliphatic carboxylic acids is 1. The van der Waals surface area contributed by atoms with E-state index in [0.717, 1.165) is 25.9 Å². The van der Waals surface area contributed by atoms with E-state index in [1.165, 1.54) is 0 Å². The van der Waals surface area contributed by atoms with E-state index in [1.54, 1.807) is 0 Å². The van der Waals surface area contributed by atoms with Crippen LogP contribution in [0, 0.1) is 11.3 Å². The van der Waals surface area contributed by atoms with E-state index in [2.05, 4.69) is 10.6 Å². The SMILES string of the molecule is CC(C)(C)[C@H](NC(=O)CC1CCNCC1)C(=O)O. The zero-order valence-corrected chi connectivity index (χ0v) is 11.5. The Hall–Kier alpha value is -1.10. The van der Waals surface area contributed by atoms with Crippen LogP contribution in [0.5, 0.6) is 0 Å². The molecule has 3 N–H and O–H groups in total. The highest BCUT2D eigenvalue weighted by molar-refractivity contribution is 5.84. The Morgan fingerprint density at radius 2 is 1.89 bits per heavy atom. The lowest BCUT2D eigenvalue weighted by Gasteiger charge is -2.29. The van der Waals surface area contributed by atoms with Crippen LogP contribution in [0.1, 0.15) is 40.0 Å². The van der Waals surface area contributed by atoms with E-state index < -0.39 is 17.4 Å². The molecule has 0 aromatic carbocycles. The van der Waals surface area contributed by atoms with Gasteiger partial charge in [-0.25, -0.2) is 4.79 Å². The van der Waals surface area contributed by atoms with Gasteiger partial charge in [0.15, 0.2) is 0 Å². The van der Waals surface area contributed by atoms with Gasteiger partial charge in [0.2, 0.25) is 5.91 Å². The minimum atomic E-state index is -0.971. The molecule has 1 rings (SSSR count). The highest BCUT2D eigenvalue weighted by atomic mass is 16.4. The summed E-state index contributed by atoms with van der Waals surface area (Å²) in [7, 11) is 0. The van der Waals surface area contributed by atoms with E-state index in [-0.39, 0.29) is 5.91 Å². The first kappa shape index (κ1) is 15.0. The fourth-order valence-electron chi connectivity index (χ4n) is 2.22. The van der Waals surface area contributed by atoms with Gasteiger partial charge in [0, 0.05) is 6.42 Å². The number of rotatable bonds is 4. The second-order valence-corrected chi connectivity index (χ2v) is 6.10. The summed E-state index contributed by atoms with van der Waals surface area (Å²) in [4.78, 5) is 23.0. The van der Waals surface area contributed by atoms with Crippen LogP contribution < -0.4 is 10.6 Å². The molecule has 0 radical (unpaired) electrons. The third-order valence-electron chi connectivity index (χ3n) is 3.35. The van der Waals surface area contributed by atoms with Crippen LogP contribution >= 0.6 is 0 Å². The maximum absolute atomic E-state index is 11.9. The molecule has 1 heterocycles. The van der Waals surface area contributed by atoms with Gasteiger partial charge in [-0.3, -0.25) is 4.79 Å². The maximum Gasteiger partial charge on any atom is 0.326 e. The molecule has 0 spiro atoms. The molecule has 0 saturated carbocycles. The van der Waals surface area contributed by atoms with Gasteiger partial charge in [-0.15, -0.1) is 0 Å². The van der Waals surface area contributed by atoms with Crippen LogP contribution in [0.2, 0.25) is 0 Å². The first-order chi connectivity index (χ1) is 8.30. The molecule has 0 bridgehead atoms. The Kier molecular flexibility index (Phi) is 5.14. The van der Waals surface area contributed by atoms with E-state index >= 15 is 0 Å². The van der Waals surface area contributed by atoms with Gasteiger partial charge in [0.25, 0.3) is 0 Å². The number of hydrogen-bond acceptors (Lipinski definition) is 3. The molecule has 104 valence electrons. The van der Waals surface area contributed by atoms with Crippen LogP contribution in [0.25, 0.3) is 0 Å². The molecule has 1 aliphatic rings. The van der Waals surface area contributed by atoms with Crippen molar-refractivity contribution in [3.63, 3.8) is 0 Å². The lowest BCUT2D eigenvalue weighted by atomic mass is 9.86. The van der Waals surface area contributed by atoms with Crippen molar-refractivity contribution in [2.45, 2.75) is 46.1 Å². The molecule has 0 aromatic rings. The Bertz CT molecular complexity index is 304. The van der Waals surface area contributed by atoms with Crippen LogP contribution in [0.3, 0.4) is 0 Å². The number of piperidine rings is 1. The summed E-state index contributed by atoms with van der Waals surface area (Å²) in [6.07, 6.45) is 2.41. The van der Waals surface area contributed by atoms with Gasteiger partial charge in [-0.2, -0.15) is 0 Å². The Balaban J connectivity index is 2.48. The highest BCUT2D eigenvalue weighted by Gasteiger charge is 2.32. The zero-order valence-electron chi connectivity index (χ0n) is 11.5. The highest BCUT2D eigenvalue weighted by Crippen LogP contribution is 2.21. The van der Waals surface area contributed by atoms with Crippen LogP contribution in [0.15, 0.2) is 0 Å². The smallest absolute Gasteiger partial charge is 0.326 e. The molecule has 0 aromatic heterocycles. The second kappa shape index (κ2) is 6.18. The predicted molar refractivity (Wildman–Crippen MR) is 69.2 cm³/mol. The summed E-state index contributed by atoms with van der Waals surface area (Å²) in [5, 5.41) is 15.0. The minimum absolute atomic E-state index is 0.149. The van der Waals surface area contributed by atoms with Gasteiger partial charge < -0.3 is 15.7 Å². The normalized spacial score (nSPS) is 19.3. The number of nitrogens with one attached hydrogen (secondary N) is 2. The van der Waals surface area contributed by atoms with Gasteiger partial charge in [0.05, 0.1) is 0 Å². The first-order valence-electron chi connectivity index (χ1n) is 6.53. The molecule has 0 aliphatic carbocycles. The minimum Gasteiger partial charge on any atom is -0.480 e. The standard InChI is InChI=1S/C13H24N2O3/c1-13(2,3)11(12(17)18)15-10(16)8-9-4-6-14-7-5-9/h9,11,14H,4-8H2,1-3H3,(H,15,16)(H,17,18)/t11-/m1/s1. The number of hydrogen-bond donors (Lipinski definition) is 3. The number of carboxylic acids is 1. The topological polar surface area (TPSA) is 78.4 Å². The molecule has 1 fully saturated rings. The monoisotopic (exact) mass is 256 g/mol. The van der Waals surface area contributed by atoms with Crippen molar-refractivity contribution < 1.29 is 14.7 Å². The quantitative estimate of drug-likeness (QED) is 0.701. The van der Waals surface area contributed by atoms with Gasteiger partial charge >= 0.3 is 5.97 Å². The average Bonchev–Trinajstić information content (AvgIpc) is 2.25. The fraction of sp³-hybridized carbons (Fsp3) is 0.846. The largest absolute Gasteiger partial charge is 0.480 e. The number of carbonyl (C=O) groups excluding carboxylic acids is 1. The average molecular weight is 256 g/mol. The number of carboxylic acid groups (broad SMARTS) is 1. The Labute approximate surface area is 108 Å². The van der Waals surface area contributed by atoms with Crippen molar-refractivity contribution >= 4 is 11.9 Å². The molecule has 1 atom stereocenters. The number of amides is 1. The summed E-state index contributed by atoms with van der Waals surface area (Å²) >= 11 is 0. The van der Waals surface area contributed by atoms with Crippen LogP contribution in [0.4, 0.5) is 0 Å². The van der Waals surface area contributed by atoms with E-state index in [1.807, 2.05) is 20.8 Å². The van der Waals surface area contributed by atoms with Crippen molar-refractivity contribution in [1.29, 1.82) is 0 Å². The summed E-state index contributed by atoms with van der Waals surface area (Å²) < 4.78 is 0. The van der Waals surface area contributed by atoms with Crippen molar-refractivity contribution in [3.05, 3.63) is 0 Å². The van der Waals surface area contributed by atoms with Gasteiger partial charge in [0.1, 0.15) is 6.04 Å². The predicted octanol–water partition coefficient (Wildman–Crippen LogP) is 0.992. The summed E-state index contributed by atoms with van der Waals surface area (Å²) in [6, 6.07) is -0.827. The lowest BCUT2D eigenvalue weighted by Crippen LogP contribution is -2.49. The third kappa shape index (κ3) is 4.64. The van der Waals surface area contributed by atoms with E-state index in [4.69, 9.17) is 5.11 Å².